The molecule has 1 heterocycles. The van der Waals surface area contributed by atoms with Gasteiger partial charge in [-0.2, -0.15) is 5.10 Å². The number of aromatic nitrogens is 2. The molecule has 1 aromatic heterocycles. The molecule has 8 nitrogen and oxygen atoms in total. The van der Waals surface area contributed by atoms with Gasteiger partial charge in [0.05, 0.1) is 16.3 Å². The van der Waals surface area contributed by atoms with Gasteiger partial charge in [0.15, 0.2) is 0 Å². The number of nitrogens with one attached hydrogen (secondary N) is 1. The Morgan fingerprint density at radius 3 is 2.48 bits per heavy atom. The van der Waals surface area contributed by atoms with E-state index >= 15 is 0 Å². The molecular formula is C16H17ClN4O4. The van der Waals surface area contributed by atoms with Gasteiger partial charge in [-0.3, -0.25) is 18.7 Å². The molecule has 0 fully saturated rings. The minimum Gasteiger partial charge on any atom is -0.494 e. The van der Waals surface area contributed by atoms with Crippen molar-refractivity contribution >= 4 is 23.2 Å². The summed E-state index contributed by atoms with van der Waals surface area (Å²) in [7, 11) is 2.62. The third-order valence-corrected chi connectivity index (χ3v) is 4.00. The first-order valence-corrected chi connectivity index (χ1v) is 7.78. The van der Waals surface area contributed by atoms with Crippen LogP contribution in [0.25, 0.3) is 0 Å². The SMILES string of the molecule is CCC(=NNC(=O)c1ccccc1Cl)c1c(O)n(C)c(=O)n(C)c1=O. The van der Waals surface area contributed by atoms with E-state index in [4.69, 9.17) is 11.6 Å². The van der Waals surface area contributed by atoms with Crippen molar-refractivity contribution in [3.05, 3.63) is 61.3 Å². The molecule has 0 saturated carbocycles. The molecular weight excluding hydrogens is 348 g/mol. The van der Waals surface area contributed by atoms with Gasteiger partial charge < -0.3 is 5.11 Å². The molecule has 0 unspecified atom stereocenters. The summed E-state index contributed by atoms with van der Waals surface area (Å²) in [5.41, 5.74) is 1.16. The number of hydrazone groups is 1. The van der Waals surface area contributed by atoms with Crippen molar-refractivity contribution in [2.75, 3.05) is 0 Å². The zero-order valence-electron chi connectivity index (χ0n) is 13.9. The molecule has 132 valence electrons. The van der Waals surface area contributed by atoms with Crippen LogP contribution in [-0.2, 0) is 14.1 Å². The van der Waals surface area contributed by atoms with Crippen LogP contribution >= 0.6 is 11.6 Å². The highest BCUT2D eigenvalue weighted by Crippen LogP contribution is 2.15. The smallest absolute Gasteiger partial charge is 0.333 e. The molecule has 1 aromatic carbocycles. The van der Waals surface area contributed by atoms with Gasteiger partial charge in [-0.15, -0.1) is 0 Å². The fraction of sp³-hybridized carbons (Fsp3) is 0.250. The Bertz CT molecular complexity index is 975. The maximum absolute atomic E-state index is 12.3. The monoisotopic (exact) mass is 364 g/mol. The first-order valence-electron chi connectivity index (χ1n) is 7.40. The molecule has 0 radical (unpaired) electrons. The number of benzene rings is 1. The van der Waals surface area contributed by atoms with Crippen molar-refractivity contribution in [2.24, 2.45) is 19.2 Å². The molecule has 2 rings (SSSR count). The van der Waals surface area contributed by atoms with Gasteiger partial charge in [0.2, 0.25) is 5.88 Å². The van der Waals surface area contributed by atoms with E-state index in [0.29, 0.717) is 0 Å². The zero-order chi connectivity index (χ0) is 18.7. The third kappa shape index (κ3) is 3.48. The minimum atomic E-state index is -0.701. The van der Waals surface area contributed by atoms with Gasteiger partial charge >= 0.3 is 5.69 Å². The Labute approximate surface area is 148 Å². The molecule has 0 spiro atoms. The fourth-order valence-electron chi connectivity index (χ4n) is 2.22. The summed E-state index contributed by atoms with van der Waals surface area (Å²) >= 11 is 5.95. The Balaban J connectivity index is 2.46. The second-order valence-corrected chi connectivity index (χ2v) is 5.64. The summed E-state index contributed by atoms with van der Waals surface area (Å²) in [6, 6.07) is 6.43. The van der Waals surface area contributed by atoms with Crippen molar-refractivity contribution < 1.29 is 9.90 Å². The zero-order valence-corrected chi connectivity index (χ0v) is 14.7. The van der Waals surface area contributed by atoms with E-state index in [-0.39, 0.29) is 28.3 Å². The number of amides is 1. The summed E-state index contributed by atoms with van der Waals surface area (Å²) in [5.74, 6) is -1.07. The van der Waals surface area contributed by atoms with Gasteiger partial charge in [0.25, 0.3) is 11.5 Å². The predicted octanol–water partition coefficient (Wildman–Crippen LogP) is 0.987. The van der Waals surface area contributed by atoms with Crippen LogP contribution in [0.3, 0.4) is 0 Å². The lowest BCUT2D eigenvalue weighted by Gasteiger charge is -2.11. The highest BCUT2D eigenvalue weighted by atomic mass is 35.5. The molecule has 2 aromatic rings. The average molecular weight is 365 g/mol. The second-order valence-electron chi connectivity index (χ2n) is 5.24. The molecule has 9 heteroatoms. The number of aromatic hydroxyl groups is 1. The molecule has 0 aliphatic carbocycles. The highest BCUT2D eigenvalue weighted by molar-refractivity contribution is 6.33. The summed E-state index contributed by atoms with van der Waals surface area (Å²) in [4.78, 5) is 36.3. The molecule has 0 bridgehead atoms. The van der Waals surface area contributed by atoms with Crippen LogP contribution in [0.15, 0.2) is 39.0 Å². The van der Waals surface area contributed by atoms with Gasteiger partial charge in [0.1, 0.15) is 5.56 Å². The van der Waals surface area contributed by atoms with E-state index in [0.717, 1.165) is 9.13 Å². The molecule has 0 aliphatic rings. The maximum atomic E-state index is 12.3. The number of carbonyl (C=O) groups is 1. The first-order chi connectivity index (χ1) is 11.8. The van der Waals surface area contributed by atoms with E-state index in [1.807, 2.05) is 0 Å². The lowest BCUT2D eigenvalue weighted by atomic mass is 10.1. The van der Waals surface area contributed by atoms with Gasteiger partial charge in [-0.25, -0.2) is 10.2 Å². The molecule has 0 aliphatic heterocycles. The number of rotatable bonds is 4. The number of halogens is 1. The Morgan fingerprint density at radius 1 is 1.24 bits per heavy atom. The van der Waals surface area contributed by atoms with Crippen LogP contribution in [0.1, 0.15) is 29.3 Å². The van der Waals surface area contributed by atoms with Crippen LogP contribution < -0.4 is 16.7 Å². The standard InChI is InChI=1S/C16H17ClN4O4/c1-4-11(12-14(23)20(2)16(25)21(3)15(12)24)18-19-13(22)9-7-5-6-8-10(9)17/h5-8,23H,4H2,1-3H3,(H,19,22). The number of carbonyl (C=O) groups excluding carboxylic acids is 1. The lowest BCUT2D eigenvalue weighted by Crippen LogP contribution is -2.40. The van der Waals surface area contributed by atoms with Crippen molar-refractivity contribution in [3.8, 4) is 5.88 Å². The van der Waals surface area contributed by atoms with Crippen molar-refractivity contribution in [1.82, 2.24) is 14.6 Å². The van der Waals surface area contributed by atoms with Crippen molar-refractivity contribution in [2.45, 2.75) is 13.3 Å². The summed E-state index contributed by atoms with van der Waals surface area (Å²) in [6.07, 6.45) is 0.240. The van der Waals surface area contributed by atoms with E-state index in [1.165, 1.54) is 20.2 Å². The summed E-state index contributed by atoms with van der Waals surface area (Å²) in [5, 5.41) is 14.3. The number of nitrogens with zero attached hydrogens (tertiary/aromatic N) is 3. The van der Waals surface area contributed by atoms with Crippen LogP contribution in [0.4, 0.5) is 0 Å². The normalized spacial score (nSPS) is 11.4. The topological polar surface area (TPSA) is 106 Å². The quantitative estimate of drug-likeness (QED) is 0.623. The van der Waals surface area contributed by atoms with Crippen molar-refractivity contribution in [1.29, 1.82) is 0 Å². The van der Waals surface area contributed by atoms with Gasteiger partial charge in [-0.1, -0.05) is 30.7 Å². The summed E-state index contributed by atoms with van der Waals surface area (Å²) in [6.45, 7) is 1.70. The largest absolute Gasteiger partial charge is 0.494 e. The van der Waals surface area contributed by atoms with Crippen LogP contribution in [0, 0.1) is 0 Å². The molecule has 1 amide bonds. The second kappa shape index (κ2) is 7.35. The molecule has 0 atom stereocenters. The van der Waals surface area contributed by atoms with Crippen molar-refractivity contribution in [3.63, 3.8) is 0 Å². The third-order valence-electron chi connectivity index (χ3n) is 3.67. The number of hydrogen-bond acceptors (Lipinski definition) is 5. The number of hydrogen-bond donors (Lipinski definition) is 2. The van der Waals surface area contributed by atoms with E-state index in [2.05, 4.69) is 10.5 Å². The molecule has 25 heavy (non-hydrogen) atoms. The van der Waals surface area contributed by atoms with Crippen LogP contribution in [0.2, 0.25) is 5.02 Å². The highest BCUT2D eigenvalue weighted by Gasteiger charge is 2.19. The van der Waals surface area contributed by atoms with E-state index < -0.39 is 23.0 Å². The van der Waals surface area contributed by atoms with E-state index in [9.17, 15) is 19.5 Å². The minimum absolute atomic E-state index is 0.133. The lowest BCUT2D eigenvalue weighted by molar-refractivity contribution is 0.0955. The predicted molar refractivity (Wildman–Crippen MR) is 94.3 cm³/mol. The fourth-order valence-corrected chi connectivity index (χ4v) is 2.44. The van der Waals surface area contributed by atoms with E-state index in [1.54, 1.807) is 25.1 Å². The Hall–Kier alpha value is -2.87. The average Bonchev–Trinajstić information content (AvgIpc) is 2.61. The maximum Gasteiger partial charge on any atom is 0.333 e. The summed E-state index contributed by atoms with van der Waals surface area (Å²) < 4.78 is 1.79. The first kappa shape index (κ1) is 18.5. The molecule has 0 saturated heterocycles. The van der Waals surface area contributed by atoms with Crippen LogP contribution in [0.5, 0.6) is 5.88 Å². The van der Waals surface area contributed by atoms with Crippen LogP contribution in [-0.4, -0.2) is 25.9 Å². The molecule has 2 N–H and O–H groups in total. The van der Waals surface area contributed by atoms with Gasteiger partial charge in [0, 0.05) is 14.1 Å². The van der Waals surface area contributed by atoms with Gasteiger partial charge in [-0.05, 0) is 18.6 Å². The Kier molecular flexibility index (Phi) is 5.43. The Morgan fingerprint density at radius 2 is 1.88 bits per heavy atom.